The third-order valence-electron chi connectivity index (χ3n) is 4.30. The minimum atomic E-state index is -0.312. The highest BCUT2D eigenvalue weighted by Crippen LogP contribution is 2.45. The van der Waals surface area contributed by atoms with E-state index in [1.54, 1.807) is 0 Å². The molecule has 104 valence electrons. The van der Waals surface area contributed by atoms with Crippen molar-refractivity contribution in [1.82, 2.24) is 5.32 Å². The van der Waals surface area contributed by atoms with Crippen LogP contribution in [0.2, 0.25) is 0 Å². The fourth-order valence-corrected chi connectivity index (χ4v) is 3.19. The highest BCUT2D eigenvalue weighted by Gasteiger charge is 2.48. The van der Waals surface area contributed by atoms with Gasteiger partial charge in [0.25, 0.3) is 0 Å². The standard InChI is InChI=1S/C15H20FNO2/c1-3-17-13-9-15(6-7-18-10(15)2)19-14-8-11(16)4-5-12(13)14/h4-5,8,10,13,17H,3,6-7,9H2,1-2H3. The maximum atomic E-state index is 13.4. The molecule has 1 spiro atoms. The molecular formula is C15H20FNO2. The van der Waals surface area contributed by atoms with Crippen molar-refractivity contribution in [2.24, 2.45) is 0 Å². The number of rotatable bonds is 2. The lowest BCUT2D eigenvalue weighted by Gasteiger charge is -2.41. The van der Waals surface area contributed by atoms with Gasteiger partial charge in [0.05, 0.1) is 12.7 Å². The Kier molecular flexibility index (Phi) is 3.23. The van der Waals surface area contributed by atoms with Gasteiger partial charge in [0.1, 0.15) is 17.2 Å². The highest BCUT2D eigenvalue weighted by atomic mass is 19.1. The second-order valence-electron chi connectivity index (χ2n) is 5.43. The molecule has 2 aliphatic rings. The van der Waals surface area contributed by atoms with Crippen molar-refractivity contribution in [2.75, 3.05) is 13.2 Å². The van der Waals surface area contributed by atoms with E-state index in [0.29, 0.717) is 12.4 Å². The van der Waals surface area contributed by atoms with Gasteiger partial charge in [-0.2, -0.15) is 0 Å². The zero-order valence-corrected chi connectivity index (χ0v) is 11.4. The molecule has 19 heavy (non-hydrogen) atoms. The summed E-state index contributed by atoms with van der Waals surface area (Å²) in [7, 11) is 0. The van der Waals surface area contributed by atoms with Crippen LogP contribution in [0.3, 0.4) is 0 Å². The number of halogens is 1. The van der Waals surface area contributed by atoms with E-state index in [1.165, 1.54) is 12.1 Å². The Balaban J connectivity index is 2.00. The molecule has 1 aromatic carbocycles. The van der Waals surface area contributed by atoms with E-state index >= 15 is 0 Å². The normalized spacial score (nSPS) is 33.2. The summed E-state index contributed by atoms with van der Waals surface area (Å²) >= 11 is 0. The number of hydrogen-bond acceptors (Lipinski definition) is 3. The second kappa shape index (κ2) is 4.76. The quantitative estimate of drug-likeness (QED) is 0.892. The van der Waals surface area contributed by atoms with E-state index in [0.717, 1.165) is 24.9 Å². The molecule has 1 aromatic rings. The Labute approximate surface area is 113 Å². The Morgan fingerprint density at radius 1 is 1.47 bits per heavy atom. The fraction of sp³-hybridized carbons (Fsp3) is 0.600. The van der Waals surface area contributed by atoms with Crippen molar-refractivity contribution in [2.45, 2.75) is 44.4 Å². The minimum Gasteiger partial charge on any atom is -0.484 e. The first-order valence-corrected chi connectivity index (χ1v) is 6.98. The van der Waals surface area contributed by atoms with Gasteiger partial charge in [0, 0.05) is 30.5 Å². The van der Waals surface area contributed by atoms with Gasteiger partial charge in [-0.15, -0.1) is 0 Å². The van der Waals surface area contributed by atoms with Crippen LogP contribution in [0.5, 0.6) is 5.75 Å². The van der Waals surface area contributed by atoms with Crippen molar-refractivity contribution in [3.8, 4) is 5.75 Å². The number of benzene rings is 1. The molecule has 4 heteroatoms. The van der Waals surface area contributed by atoms with E-state index in [-0.39, 0.29) is 23.6 Å². The number of hydrogen-bond donors (Lipinski definition) is 1. The van der Waals surface area contributed by atoms with Crippen LogP contribution in [-0.4, -0.2) is 24.9 Å². The molecule has 3 nitrogen and oxygen atoms in total. The third-order valence-corrected chi connectivity index (χ3v) is 4.30. The lowest BCUT2D eigenvalue weighted by Crippen LogP contribution is -2.48. The van der Waals surface area contributed by atoms with Crippen molar-refractivity contribution < 1.29 is 13.9 Å². The SMILES string of the molecule is CCNC1CC2(CCOC2C)Oc2cc(F)ccc21. The van der Waals surface area contributed by atoms with Crippen LogP contribution in [0, 0.1) is 5.82 Å². The summed E-state index contributed by atoms with van der Waals surface area (Å²) in [6, 6.07) is 5.02. The molecule has 0 amide bonds. The highest BCUT2D eigenvalue weighted by molar-refractivity contribution is 5.40. The summed E-state index contributed by atoms with van der Waals surface area (Å²) in [5.41, 5.74) is 0.737. The molecule has 0 radical (unpaired) electrons. The van der Waals surface area contributed by atoms with Crippen LogP contribution in [0.15, 0.2) is 18.2 Å². The predicted octanol–water partition coefficient (Wildman–Crippen LogP) is 2.81. The summed E-state index contributed by atoms with van der Waals surface area (Å²) < 4.78 is 25.3. The molecule has 0 saturated carbocycles. The average Bonchev–Trinajstić information content (AvgIpc) is 2.70. The van der Waals surface area contributed by atoms with Crippen molar-refractivity contribution in [3.05, 3.63) is 29.6 Å². The molecule has 1 saturated heterocycles. The lowest BCUT2D eigenvalue weighted by molar-refractivity contribution is -0.0307. The first-order chi connectivity index (χ1) is 9.14. The molecule has 0 aliphatic carbocycles. The van der Waals surface area contributed by atoms with Crippen LogP contribution in [-0.2, 0) is 4.74 Å². The Morgan fingerprint density at radius 2 is 2.32 bits per heavy atom. The Hall–Kier alpha value is -1.13. The molecular weight excluding hydrogens is 245 g/mol. The van der Waals surface area contributed by atoms with Gasteiger partial charge in [-0.1, -0.05) is 13.0 Å². The Bertz CT molecular complexity index is 479. The summed E-state index contributed by atoms with van der Waals surface area (Å²) in [5.74, 6) is 0.409. The average molecular weight is 265 g/mol. The first-order valence-electron chi connectivity index (χ1n) is 6.98. The first kappa shape index (κ1) is 12.9. The molecule has 3 rings (SSSR count). The number of ether oxygens (including phenoxy) is 2. The zero-order chi connectivity index (χ0) is 13.5. The summed E-state index contributed by atoms with van der Waals surface area (Å²) in [5, 5.41) is 3.47. The number of nitrogens with one attached hydrogen (secondary N) is 1. The van der Waals surface area contributed by atoms with Gasteiger partial charge in [0.2, 0.25) is 0 Å². The maximum Gasteiger partial charge on any atom is 0.139 e. The maximum absolute atomic E-state index is 13.4. The minimum absolute atomic E-state index is 0.0464. The van der Waals surface area contributed by atoms with Gasteiger partial charge in [0.15, 0.2) is 0 Å². The monoisotopic (exact) mass is 265 g/mol. The fourth-order valence-electron chi connectivity index (χ4n) is 3.19. The third kappa shape index (κ3) is 2.13. The second-order valence-corrected chi connectivity index (χ2v) is 5.43. The number of fused-ring (bicyclic) bond motifs is 1. The van der Waals surface area contributed by atoms with Crippen LogP contribution >= 0.6 is 0 Å². The Morgan fingerprint density at radius 3 is 3.00 bits per heavy atom. The summed E-state index contributed by atoms with van der Waals surface area (Å²) in [6.45, 7) is 5.72. The van der Waals surface area contributed by atoms with Gasteiger partial charge in [-0.05, 0) is 19.5 Å². The van der Waals surface area contributed by atoms with E-state index in [2.05, 4.69) is 12.2 Å². The van der Waals surface area contributed by atoms with E-state index < -0.39 is 0 Å². The van der Waals surface area contributed by atoms with Gasteiger partial charge in [-0.3, -0.25) is 0 Å². The van der Waals surface area contributed by atoms with Crippen molar-refractivity contribution in [1.29, 1.82) is 0 Å². The summed E-state index contributed by atoms with van der Waals surface area (Å²) in [6.07, 6.45) is 1.79. The molecule has 2 heterocycles. The molecule has 3 atom stereocenters. The van der Waals surface area contributed by atoms with Gasteiger partial charge in [-0.25, -0.2) is 4.39 Å². The zero-order valence-electron chi connectivity index (χ0n) is 11.4. The van der Waals surface area contributed by atoms with E-state index in [9.17, 15) is 4.39 Å². The molecule has 0 aromatic heterocycles. The van der Waals surface area contributed by atoms with Crippen LogP contribution in [0.25, 0.3) is 0 Å². The molecule has 2 aliphatic heterocycles. The molecule has 0 bridgehead atoms. The largest absolute Gasteiger partial charge is 0.484 e. The van der Waals surface area contributed by atoms with E-state index in [4.69, 9.17) is 9.47 Å². The summed E-state index contributed by atoms with van der Waals surface area (Å²) in [4.78, 5) is 0. The smallest absolute Gasteiger partial charge is 0.139 e. The molecule has 1 N–H and O–H groups in total. The van der Waals surface area contributed by atoms with Crippen LogP contribution in [0.1, 0.15) is 38.3 Å². The van der Waals surface area contributed by atoms with Crippen LogP contribution < -0.4 is 10.1 Å². The predicted molar refractivity (Wildman–Crippen MR) is 70.8 cm³/mol. The van der Waals surface area contributed by atoms with Crippen LogP contribution in [0.4, 0.5) is 4.39 Å². The lowest BCUT2D eigenvalue weighted by atomic mass is 9.83. The van der Waals surface area contributed by atoms with Crippen molar-refractivity contribution >= 4 is 0 Å². The van der Waals surface area contributed by atoms with Crippen molar-refractivity contribution in [3.63, 3.8) is 0 Å². The van der Waals surface area contributed by atoms with Gasteiger partial charge < -0.3 is 14.8 Å². The topological polar surface area (TPSA) is 30.5 Å². The van der Waals surface area contributed by atoms with Gasteiger partial charge >= 0.3 is 0 Å². The van der Waals surface area contributed by atoms with E-state index in [1.807, 2.05) is 13.0 Å². The molecule has 1 fully saturated rings. The molecule has 3 unspecified atom stereocenters.